The molecule has 1 aromatic heterocycles. The molecule has 25 heavy (non-hydrogen) atoms. The Morgan fingerprint density at radius 3 is 2.64 bits per heavy atom. The van der Waals surface area contributed by atoms with Gasteiger partial charge in [-0.3, -0.25) is 4.79 Å². The van der Waals surface area contributed by atoms with Crippen LogP contribution in [-0.4, -0.2) is 33.9 Å². The van der Waals surface area contributed by atoms with Crippen molar-refractivity contribution in [2.75, 3.05) is 5.32 Å². The van der Waals surface area contributed by atoms with Gasteiger partial charge in [-0.1, -0.05) is 23.1 Å². The van der Waals surface area contributed by atoms with E-state index < -0.39 is 6.36 Å². The van der Waals surface area contributed by atoms with Gasteiger partial charge in [0.15, 0.2) is 4.34 Å². The molecule has 3 rings (SSSR count). The van der Waals surface area contributed by atoms with E-state index in [2.05, 4.69) is 20.3 Å². The van der Waals surface area contributed by atoms with Crippen LogP contribution < -0.4 is 10.1 Å². The average molecular weight is 391 g/mol. The molecule has 1 aromatic carbocycles. The molecule has 0 unspecified atom stereocenters. The number of thioether (sulfide) groups is 1. The highest BCUT2D eigenvalue weighted by Crippen LogP contribution is 2.35. The van der Waals surface area contributed by atoms with E-state index in [1.807, 2.05) is 6.92 Å². The van der Waals surface area contributed by atoms with Crippen molar-refractivity contribution in [3.63, 3.8) is 0 Å². The van der Waals surface area contributed by atoms with Crippen molar-refractivity contribution in [3.8, 4) is 5.75 Å². The van der Waals surface area contributed by atoms with Crippen LogP contribution in [0.25, 0.3) is 0 Å². The van der Waals surface area contributed by atoms with E-state index in [1.54, 1.807) is 0 Å². The number of halogens is 3. The summed E-state index contributed by atoms with van der Waals surface area (Å²) in [5, 5.41) is 11.0. The van der Waals surface area contributed by atoms with Gasteiger partial charge in [-0.25, -0.2) is 0 Å². The molecular weight excluding hydrogens is 379 g/mol. The summed E-state index contributed by atoms with van der Waals surface area (Å²) in [5.74, 6) is -0.567. The highest BCUT2D eigenvalue weighted by molar-refractivity contribution is 8.02. The number of alkyl halides is 3. The van der Waals surface area contributed by atoms with E-state index in [0.29, 0.717) is 21.6 Å². The summed E-state index contributed by atoms with van der Waals surface area (Å²) < 4.78 is 45.9. The Bertz CT molecular complexity index is 752. The van der Waals surface area contributed by atoms with E-state index in [1.165, 1.54) is 47.4 Å². The van der Waals surface area contributed by atoms with E-state index in [9.17, 15) is 18.0 Å². The summed E-state index contributed by atoms with van der Waals surface area (Å²) in [7, 11) is 0. The Morgan fingerprint density at radius 1 is 1.32 bits per heavy atom. The number of nitrogens with one attached hydrogen (secondary N) is 1. The summed E-state index contributed by atoms with van der Waals surface area (Å²) in [4.78, 5) is 11.6. The fourth-order valence-electron chi connectivity index (χ4n) is 2.11. The molecule has 1 N–H and O–H groups in total. The molecule has 0 amide bonds. The molecule has 134 valence electrons. The van der Waals surface area contributed by atoms with Crippen molar-refractivity contribution in [3.05, 3.63) is 24.3 Å². The minimum atomic E-state index is -4.72. The first kappa shape index (κ1) is 17.8. The first-order valence-corrected chi connectivity index (χ1v) is 8.81. The number of nitrogens with zero attached hydrogens (tertiary/aromatic N) is 2. The van der Waals surface area contributed by atoms with Gasteiger partial charge < -0.3 is 14.8 Å². The molecule has 11 heteroatoms. The van der Waals surface area contributed by atoms with E-state index in [0.717, 1.165) is 0 Å². The molecule has 0 spiro atoms. The summed E-state index contributed by atoms with van der Waals surface area (Å²) >= 11 is 2.53. The van der Waals surface area contributed by atoms with Crippen LogP contribution in [0, 0.1) is 0 Å². The average Bonchev–Trinajstić information content (AvgIpc) is 3.06. The predicted octanol–water partition coefficient (Wildman–Crippen LogP) is 3.98. The van der Waals surface area contributed by atoms with Crippen LogP contribution >= 0.6 is 23.1 Å². The number of carbonyl (C=O) groups excluding carboxylic acids is 1. The van der Waals surface area contributed by atoms with Crippen molar-refractivity contribution >= 4 is 39.9 Å². The number of aromatic nitrogens is 2. The lowest BCUT2D eigenvalue weighted by atomic mass is 10.3. The van der Waals surface area contributed by atoms with Crippen molar-refractivity contribution in [2.24, 2.45) is 0 Å². The lowest BCUT2D eigenvalue weighted by molar-refractivity contribution is -0.274. The number of ether oxygens (including phenoxy) is 2. The molecule has 1 saturated heterocycles. The fourth-order valence-corrected chi connectivity index (χ4v) is 4.23. The summed E-state index contributed by atoms with van der Waals surface area (Å²) in [6, 6.07) is 5.27. The molecule has 0 aliphatic carbocycles. The van der Waals surface area contributed by atoms with Crippen molar-refractivity contribution in [1.29, 1.82) is 0 Å². The first-order chi connectivity index (χ1) is 11.8. The Labute approximate surface area is 148 Å². The van der Waals surface area contributed by atoms with Gasteiger partial charge in [0, 0.05) is 12.1 Å². The highest BCUT2D eigenvalue weighted by Gasteiger charge is 2.33. The maximum absolute atomic E-state index is 12.1. The normalized spacial score (nSPS) is 20.4. The molecule has 6 nitrogen and oxygen atoms in total. The summed E-state index contributed by atoms with van der Waals surface area (Å²) in [6.07, 6.45) is -4.21. The topological polar surface area (TPSA) is 73.3 Å². The maximum Gasteiger partial charge on any atom is 0.573 e. The van der Waals surface area contributed by atoms with E-state index >= 15 is 0 Å². The van der Waals surface area contributed by atoms with E-state index in [4.69, 9.17) is 4.74 Å². The minimum Gasteiger partial charge on any atom is -0.462 e. The van der Waals surface area contributed by atoms with Crippen LogP contribution in [0.1, 0.15) is 13.3 Å². The lowest BCUT2D eigenvalue weighted by Crippen LogP contribution is -2.16. The molecule has 2 aromatic rings. The molecule has 1 fully saturated rings. The number of carbonyl (C=O) groups is 1. The second kappa shape index (κ2) is 7.08. The third-order valence-electron chi connectivity index (χ3n) is 3.11. The second-order valence-corrected chi connectivity index (χ2v) is 7.59. The number of rotatable bonds is 5. The van der Waals surface area contributed by atoms with Gasteiger partial charge in [-0.15, -0.1) is 23.4 Å². The number of hydrogen-bond donors (Lipinski definition) is 1. The molecule has 0 bridgehead atoms. The summed E-state index contributed by atoms with van der Waals surface area (Å²) in [6.45, 7) is 1.83. The van der Waals surface area contributed by atoms with E-state index in [-0.39, 0.29) is 23.1 Å². The SMILES string of the molecule is C[C@H]1C[C@H](Sc2nnc(Nc3ccc(OC(F)(F)F)cc3)s2)C(=O)O1. The van der Waals surface area contributed by atoms with Gasteiger partial charge in [0.05, 0.1) is 0 Å². The third kappa shape index (κ3) is 4.98. The van der Waals surface area contributed by atoms with Gasteiger partial charge in [0.25, 0.3) is 0 Å². The van der Waals surface area contributed by atoms with Gasteiger partial charge in [-0.2, -0.15) is 0 Å². The quantitative estimate of drug-likeness (QED) is 0.773. The number of cyclic esters (lactones) is 1. The zero-order valence-corrected chi connectivity index (χ0v) is 14.4. The van der Waals surface area contributed by atoms with Gasteiger partial charge in [0.2, 0.25) is 5.13 Å². The largest absolute Gasteiger partial charge is 0.573 e. The van der Waals surface area contributed by atoms with Crippen molar-refractivity contribution in [1.82, 2.24) is 10.2 Å². The van der Waals surface area contributed by atoms with Crippen molar-refractivity contribution in [2.45, 2.75) is 35.4 Å². The van der Waals surface area contributed by atoms with Gasteiger partial charge >= 0.3 is 12.3 Å². The molecule has 1 aliphatic rings. The standard InChI is InChI=1S/C14H12F3N3O3S2/c1-7-6-10(11(21)22-7)24-13-20-19-12(25-13)18-8-2-4-9(5-3-8)23-14(15,16)17/h2-5,7,10H,6H2,1H3,(H,18,19)/t7-,10-/m0/s1. The first-order valence-electron chi connectivity index (χ1n) is 7.12. The van der Waals surface area contributed by atoms with Crippen LogP contribution in [0.2, 0.25) is 0 Å². The zero-order chi connectivity index (χ0) is 18.0. The van der Waals surface area contributed by atoms with Crippen LogP contribution in [0.15, 0.2) is 28.6 Å². The molecular formula is C14H12F3N3O3S2. The number of anilines is 2. The number of benzene rings is 1. The van der Waals surface area contributed by atoms with Crippen LogP contribution in [0.5, 0.6) is 5.75 Å². The number of esters is 1. The predicted molar refractivity (Wildman–Crippen MR) is 86.1 cm³/mol. The van der Waals surface area contributed by atoms with Crippen LogP contribution in [-0.2, 0) is 9.53 Å². The monoisotopic (exact) mass is 391 g/mol. The molecule has 1 aliphatic heterocycles. The van der Waals surface area contributed by atoms with Crippen molar-refractivity contribution < 1.29 is 27.4 Å². The maximum atomic E-state index is 12.1. The Hall–Kier alpha value is -2.01. The van der Waals surface area contributed by atoms with Crippen LogP contribution in [0.4, 0.5) is 24.0 Å². The Balaban J connectivity index is 1.59. The Kier molecular flexibility index (Phi) is 5.04. The molecule has 2 heterocycles. The third-order valence-corrected chi connectivity index (χ3v) is 5.24. The lowest BCUT2D eigenvalue weighted by Gasteiger charge is -2.09. The zero-order valence-electron chi connectivity index (χ0n) is 12.7. The molecule has 0 saturated carbocycles. The molecule has 2 atom stereocenters. The smallest absolute Gasteiger partial charge is 0.462 e. The van der Waals surface area contributed by atoms with Gasteiger partial charge in [-0.05, 0) is 31.2 Å². The molecule has 0 radical (unpaired) electrons. The highest BCUT2D eigenvalue weighted by atomic mass is 32.2. The van der Waals surface area contributed by atoms with Gasteiger partial charge in [0.1, 0.15) is 17.1 Å². The second-order valence-electron chi connectivity index (χ2n) is 5.16. The summed E-state index contributed by atoms with van der Waals surface area (Å²) in [5.41, 5.74) is 0.538. The number of hydrogen-bond acceptors (Lipinski definition) is 8. The minimum absolute atomic E-state index is 0.104. The Morgan fingerprint density at radius 2 is 2.04 bits per heavy atom. The van der Waals surface area contributed by atoms with Crippen LogP contribution in [0.3, 0.4) is 0 Å². The fraction of sp³-hybridized carbons (Fsp3) is 0.357.